The fourth-order valence-electron chi connectivity index (χ4n) is 3.10. The second-order valence-corrected chi connectivity index (χ2v) is 7.67. The lowest BCUT2D eigenvalue weighted by Crippen LogP contribution is -2.36. The second-order valence-electron chi connectivity index (χ2n) is 6.30. The first-order valence-electron chi connectivity index (χ1n) is 8.33. The molecule has 1 unspecified atom stereocenters. The highest BCUT2D eigenvalue weighted by atomic mass is 32.1. The Labute approximate surface area is 142 Å². The molecule has 1 heterocycles. The Bertz CT molecular complexity index is 692. The molecular formula is C19H24N2OS. The maximum absolute atomic E-state index is 12.1. The lowest BCUT2D eigenvalue weighted by atomic mass is 9.89. The van der Waals surface area contributed by atoms with E-state index in [9.17, 15) is 4.79 Å². The molecule has 0 saturated carbocycles. The molecule has 0 bridgehead atoms. The van der Waals surface area contributed by atoms with Crippen molar-refractivity contribution in [2.24, 2.45) is 0 Å². The molecule has 3 nitrogen and oxygen atoms in total. The predicted molar refractivity (Wildman–Crippen MR) is 95.9 cm³/mol. The maximum atomic E-state index is 12.1. The van der Waals surface area contributed by atoms with Gasteiger partial charge in [0.25, 0.3) is 0 Å². The van der Waals surface area contributed by atoms with Crippen LogP contribution in [-0.4, -0.2) is 6.03 Å². The molecule has 0 radical (unpaired) electrons. The molecule has 4 heteroatoms. The number of thiophene rings is 1. The summed E-state index contributed by atoms with van der Waals surface area (Å²) >= 11 is 1.72. The second kappa shape index (κ2) is 7.18. The summed E-state index contributed by atoms with van der Waals surface area (Å²) in [6.07, 6.45) is 4.93. The van der Waals surface area contributed by atoms with E-state index in [-0.39, 0.29) is 12.1 Å². The average Bonchev–Trinajstić information content (AvgIpc) is 2.98. The van der Waals surface area contributed by atoms with Gasteiger partial charge in [0.15, 0.2) is 0 Å². The van der Waals surface area contributed by atoms with Crippen molar-refractivity contribution >= 4 is 17.4 Å². The molecule has 23 heavy (non-hydrogen) atoms. The van der Waals surface area contributed by atoms with E-state index in [1.807, 2.05) is 6.92 Å². The Kier molecular flexibility index (Phi) is 5.01. The van der Waals surface area contributed by atoms with E-state index in [0.717, 1.165) is 0 Å². The third-order valence-electron chi connectivity index (χ3n) is 4.44. The van der Waals surface area contributed by atoms with Crippen LogP contribution in [0.15, 0.2) is 30.3 Å². The number of hydrogen-bond donors (Lipinski definition) is 2. The fourth-order valence-corrected chi connectivity index (χ4v) is 3.93. The number of amides is 2. The Morgan fingerprint density at radius 2 is 1.96 bits per heavy atom. The highest BCUT2D eigenvalue weighted by Crippen LogP contribution is 2.24. The number of fused-ring (bicyclic) bond motifs is 1. The Morgan fingerprint density at radius 3 is 2.70 bits per heavy atom. The summed E-state index contributed by atoms with van der Waals surface area (Å²) < 4.78 is 0. The summed E-state index contributed by atoms with van der Waals surface area (Å²) in [7, 11) is 0. The Balaban J connectivity index is 1.55. The minimum absolute atomic E-state index is 0.0206. The minimum Gasteiger partial charge on any atom is -0.333 e. The number of aryl methyl sites for hydroxylation is 3. The van der Waals surface area contributed by atoms with Crippen LogP contribution in [0.25, 0.3) is 0 Å². The molecule has 1 aromatic carbocycles. The van der Waals surface area contributed by atoms with Crippen molar-refractivity contribution in [3.05, 3.63) is 56.8 Å². The summed E-state index contributed by atoms with van der Waals surface area (Å²) in [6.45, 7) is 4.70. The van der Waals surface area contributed by atoms with Crippen LogP contribution in [0, 0.1) is 6.92 Å². The number of urea groups is 1. The van der Waals surface area contributed by atoms with Crippen molar-refractivity contribution in [2.45, 2.75) is 52.1 Å². The van der Waals surface area contributed by atoms with E-state index in [1.165, 1.54) is 52.1 Å². The van der Waals surface area contributed by atoms with Crippen molar-refractivity contribution in [3.8, 4) is 0 Å². The Morgan fingerprint density at radius 1 is 1.17 bits per heavy atom. The Hall–Kier alpha value is -1.81. The van der Waals surface area contributed by atoms with E-state index < -0.39 is 0 Å². The molecule has 1 aromatic heterocycles. The number of benzene rings is 1. The van der Waals surface area contributed by atoms with Gasteiger partial charge in [-0.1, -0.05) is 18.2 Å². The monoisotopic (exact) mass is 328 g/mol. The SMILES string of the molecule is Cc1ccc(CNC(=O)NC(C)c2ccc3c(c2)CCCC3)s1. The average molecular weight is 328 g/mol. The molecule has 0 saturated heterocycles. The highest BCUT2D eigenvalue weighted by Gasteiger charge is 2.14. The van der Waals surface area contributed by atoms with E-state index in [4.69, 9.17) is 0 Å². The molecular weight excluding hydrogens is 304 g/mol. The van der Waals surface area contributed by atoms with Gasteiger partial charge >= 0.3 is 6.03 Å². The number of hydrogen-bond acceptors (Lipinski definition) is 2. The molecule has 1 atom stereocenters. The number of carbonyl (C=O) groups is 1. The van der Waals surface area contributed by atoms with Gasteiger partial charge in [0.1, 0.15) is 0 Å². The van der Waals surface area contributed by atoms with Crippen LogP contribution in [0.4, 0.5) is 4.79 Å². The first kappa shape index (κ1) is 16.1. The molecule has 2 aromatic rings. The quantitative estimate of drug-likeness (QED) is 0.852. The van der Waals surface area contributed by atoms with Crippen LogP contribution >= 0.6 is 11.3 Å². The van der Waals surface area contributed by atoms with Gasteiger partial charge in [-0.2, -0.15) is 0 Å². The summed E-state index contributed by atoms with van der Waals surface area (Å²) in [5.74, 6) is 0. The topological polar surface area (TPSA) is 41.1 Å². The van der Waals surface area contributed by atoms with E-state index in [1.54, 1.807) is 11.3 Å². The van der Waals surface area contributed by atoms with Crippen LogP contribution in [0.3, 0.4) is 0 Å². The van der Waals surface area contributed by atoms with Crippen LogP contribution in [0.2, 0.25) is 0 Å². The van der Waals surface area contributed by atoms with Crippen LogP contribution in [-0.2, 0) is 19.4 Å². The summed E-state index contributed by atoms with van der Waals surface area (Å²) in [6, 6.07) is 10.7. The molecule has 0 aliphatic heterocycles. The van der Waals surface area contributed by atoms with Gasteiger partial charge < -0.3 is 10.6 Å². The zero-order chi connectivity index (χ0) is 16.2. The standard InChI is InChI=1S/C19H24N2OS/c1-13-7-10-18(23-13)12-20-19(22)21-14(2)16-9-8-15-5-3-4-6-17(15)11-16/h7-11,14H,3-6,12H2,1-2H3,(H2,20,21,22). The number of nitrogens with one attached hydrogen (secondary N) is 2. The lowest BCUT2D eigenvalue weighted by molar-refractivity contribution is 0.237. The summed E-state index contributed by atoms with van der Waals surface area (Å²) in [5, 5.41) is 5.97. The molecule has 0 spiro atoms. The van der Waals surface area contributed by atoms with Gasteiger partial charge in [-0.15, -0.1) is 11.3 Å². The first-order valence-corrected chi connectivity index (χ1v) is 9.15. The number of rotatable bonds is 4. The predicted octanol–water partition coefficient (Wildman–Crippen LogP) is 4.50. The number of carbonyl (C=O) groups excluding carboxylic acids is 1. The normalized spacial score (nSPS) is 14.9. The van der Waals surface area contributed by atoms with Crippen molar-refractivity contribution < 1.29 is 4.79 Å². The largest absolute Gasteiger partial charge is 0.333 e. The van der Waals surface area contributed by atoms with Crippen molar-refractivity contribution in [2.75, 3.05) is 0 Å². The van der Waals surface area contributed by atoms with E-state index in [0.29, 0.717) is 6.54 Å². The molecule has 1 aliphatic carbocycles. The van der Waals surface area contributed by atoms with Crippen LogP contribution in [0.1, 0.15) is 52.3 Å². The summed E-state index contributed by atoms with van der Waals surface area (Å²) in [4.78, 5) is 14.5. The van der Waals surface area contributed by atoms with Gasteiger partial charge in [-0.3, -0.25) is 0 Å². The smallest absolute Gasteiger partial charge is 0.315 e. The third kappa shape index (κ3) is 4.14. The molecule has 1 aliphatic rings. The molecule has 2 N–H and O–H groups in total. The van der Waals surface area contributed by atoms with Crippen molar-refractivity contribution in [1.29, 1.82) is 0 Å². The van der Waals surface area contributed by atoms with E-state index in [2.05, 4.69) is 47.9 Å². The molecule has 3 rings (SSSR count). The highest BCUT2D eigenvalue weighted by molar-refractivity contribution is 7.11. The van der Waals surface area contributed by atoms with Crippen LogP contribution in [0.5, 0.6) is 0 Å². The molecule has 0 fully saturated rings. The summed E-state index contributed by atoms with van der Waals surface area (Å²) in [5.41, 5.74) is 4.12. The molecule has 2 amide bonds. The minimum atomic E-state index is -0.110. The van der Waals surface area contributed by atoms with Gasteiger partial charge in [0, 0.05) is 9.75 Å². The third-order valence-corrected chi connectivity index (χ3v) is 5.44. The first-order chi connectivity index (χ1) is 11.1. The van der Waals surface area contributed by atoms with E-state index >= 15 is 0 Å². The zero-order valence-corrected chi connectivity index (χ0v) is 14.6. The van der Waals surface area contributed by atoms with Gasteiger partial charge in [0.05, 0.1) is 12.6 Å². The van der Waals surface area contributed by atoms with Crippen LogP contribution < -0.4 is 10.6 Å². The van der Waals surface area contributed by atoms with Gasteiger partial charge in [-0.05, 0) is 68.4 Å². The van der Waals surface area contributed by atoms with Gasteiger partial charge in [-0.25, -0.2) is 4.79 Å². The van der Waals surface area contributed by atoms with Crippen molar-refractivity contribution in [1.82, 2.24) is 10.6 Å². The lowest BCUT2D eigenvalue weighted by Gasteiger charge is -2.20. The van der Waals surface area contributed by atoms with Gasteiger partial charge in [0.2, 0.25) is 0 Å². The maximum Gasteiger partial charge on any atom is 0.315 e. The zero-order valence-electron chi connectivity index (χ0n) is 13.8. The molecule has 122 valence electrons. The fraction of sp³-hybridized carbons (Fsp3) is 0.421. The van der Waals surface area contributed by atoms with Crippen molar-refractivity contribution in [3.63, 3.8) is 0 Å².